The summed E-state index contributed by atoms with van der Waals surface area (Å²) >= 11 is 0. The maximum atomic E-state index is 11.6. The van der Waals surface area contributed by atoms with E-state index in [4.69, 9.17) is 0 Å². The Bertz CT molecular complexity index is 181. The predicted octanol–water partition coefficient (Wildman–Crippen LogP) is 1.89. The van der Waals surface area contributed by atoms with Crippen LogP contribution in [-0.2, 0) is 4.79 Å². The Kier molecular flexibility index (Phi) is 2.99. The lowest BCUT2D eigenvalue weighted by molar-refractivity contribution is -0.122. The summed E-state index contributed by atoms with van der Waals surface area (Å²) in [6.45, 7) is 0.917. The van der Waals surface area contributed by atoms with Crippen LogP contribution < -0.4 is 5.32 Å². The second-order valence-electron chi connectivity index (χ2n) is 4.43. The minimum absolute atomic E-state index is 0.418. The largest absolute Gasteiger partial charge is 0.314 e. The summed E-state index contributed by atoms with van der Waals surface area (Å²) in [6.07, 6.45) is 8.25. The van der Waals surface area contributed by atoms with Crippen LogP contribution in [0.15, 0.2) is 0 Å². The molecule has 0 atom stereocenters. The molecule has 2 aliphatic carbocycles. The van der Waals surface area contributed by atoms with E-state index in [9.17, 15) is 4.79 Å². The van der Waals surface area contributed by atoms with Crippen molar-refractivity contribution in [2.45, 2.75) is 51.0 Å². The van der Waals surface area contributed by atoms with E-state index in [1.165, 1.54) is 25.7 Å². The highest BCUT2D eigenvalue weighted by molar-refractivity contribution is 5.81. The van der Waals surface area contributed by atoms with Crippen LogP contribution in [0, 0.1) is 5.92 Å². The number of nitrogens with one attached hydrogen (secondary N) is 1. The molecule has 0 bridgehead atoms. The van der Waals surface area contributed by atoms with Crippen molar-refractivity contribution in [2.24, 2.45) is 5.92 Å². The van der Waals surface area contributed by atoms with Gasteiger partial charge < -0.3 is 5.32 Å². The zero-order valence-corrected chi connectivity index (χ0v) is 8.22. The predicted molar refractivity (Wildman–Crippen MR) is 52.6 cm³/mol. The maximum absolute atomic E-state index is 11.6. The smallest absolute Gasteiger partial charge is 0.137 e. The monoisotopic (exact) mass is 181 g/mol. The molecule has 0 amide bonds. The van der Waals surface area contributed by atoms with Gasteiger partial charge in [0.25, 0.3) is 0 Å². The first-order chi connectivity index (χ1) is 6.36. The Hall–Kier alpha value is -0.370. The Labute approximate surface area is 80.1 Å². The average Bonchev–Trinajstić information content (AvgIpc) is 2.80. The van der Waals surface area contributed by atoms with Crippen LogP contribution in [0.25, 0.3) is 0 Å². The van der Waals surface area contributed by atoms with Crippen LogP contribution in [0.4, 0.5) is 0 Å². The molecule has 0 radical (unpaired) electrons. The number of ketones is 1. The van der Waals surface area contributed by atoms with Gasteiger partial charge in [0.2, 0.25) is 0 Å². The number of rotatable bonds is 5. The number of hydrogen-bond donors (Lipinski definition) is 1. The van der Waals surface area contributed by atoms with Gasteiger partial charge >= 0.3 is 0 Å². The van der Waals surface area contributed by atoms with E-state index < -0.39 is 0 Å². The van der Waals surface area contributed by atoms with Crippen LogP contribution in [0.1, 0.15) is 44.9 Å². The van der Waals surface area contributed by atoms with Gasteiger partial charge in [-0.25, -0.2) is 0 Å². The van der Waals surface area contributed by atoms with E-state index in [1.807, 2.05) is 0 Å². The van der Waals surface area contributed by atoms with Gasteiger partial charge in [0.1, 0.15) is 5.78 Å². The lowest BCUT2D eigenvalue weighted by Gasteiger charge is -2.07. The molecule has 74 valence electrons. The maximum Gasteiger partial charge on any atom is 0.137 e. The molecular weight excluding hydrogens is 162 g/mol. The molecule has 2 heteroatoms. The summed E-state index contributed by atoms with van der Waals surface area (Å²) < 4.78 is 0. The second kappa shape index (κ2) is 4.23. The van der Waals surface area contributed by atoms with Crippen molar-refractivity contribution in [1.29, 1.82) is 0 Å². The van der Waals surface area contributed by atoms with Crippen LogP contribution in [-0.4, -0.2) is 18.4 Å². The molecule has 0 spiro atoms. The third-order valence-electron chi connectivity index (χ3n) is 3.19. The minimum atomic E-state index is 0.418. The standard InChI is InChI=1S/C11H19NO/c13-11(9-3-1-2-4-9)7-8-12-10-5-6-10/h9-10,12H,1-8H2. The quantitative estimate of drug-likeness (QED) is 0.701. The molecule has 2 rings (SSSR count). The molecule has 0 aliphatic heterocycles. The molecule has 2 fully saturated rings. The number of Topliss-reactive ketones (excluding diaryl/α,β-unsaturated/α-hetero) is 1. The fraction of sp³-hybridized carbons (Fsp3) is 0.909. The molecule has 0 aromatic heterocycles. The molecule has 2 saturated carbocycles. The summed E-state index contributed by atoms with van der Waals surface area (Å²) in [6, 6.07) is 0.747. The SMILES string of the molecule is O=C(CCNC1CC1)C1CCCC1. The normalized spacial score (nSPS) is 23.7. The molecule has 2 aliphatic rings. The van der Waals surface area contributed by atoms with Crippen LogP contribution in [0.2, 0.25) is 0 Å². The molecule has 13 heavy (non-hydrogen) atoms. The van der Waals surface area contributed by atoms with Gasteiger partial charge in [-0.3, -0.25) is 4.79 Å². The van der Waals surface area contributed by atoms with E-state index in [0.29, 0.717) is 11.7 Å². The first-order valence-electron chi connectivity index (χ1n) is 5.62. The van der Waals surface area contributed by atoms with Gasteiger partial charge in [0.15, 0.2) is 0 Å². The Morgan fingerprint density at radius 2 is 1.85 bits per heavy atom. The van der Waals surface area contributed by atoms with Gasteiger partial charge in [0.05, 0.1) is 0 Å². The second-order valence-corrected chi connectivity index (χ2v) is 4.43. The van der Waals surface area contributed by atoms with Gasteiger partial charge in [-0.15, -0.1) is 0 Å². The molecule has 0 aromatic rings. The number of carbonyl (C=O) groups excluding carboxylic acids is 1. The van der Waals surface area contributed by atoms with Crippen molar-refractivity contribution in [3.8, 4) is 0 Å². The van der Waals surface area contributed by atoms with Crippen molar-refractivity contribution >= 4 is 5.78 Å². The summed E-state index contributed by atoms with van der Waals surface area (Å²) in [7, 11) is 0. The third kappa shape index (κ3) is 2.80. The first kappa shape index (κ1) is 9.20. The summed E-state index contributed by atoms with van der Waals surface area (Å²) in [4.78, 5) is 11.6. The highest BCUT2D eigenvalue weighted by atomic mass is 16.1. The molecule has 0 aromatic carbocycles. The lowest BCUT2D eigenvalue weighted by atomic mass is 10.0. The van der Waals surface area contributed by atoms with E-state index in [2.05, 4.69) is 5.32 Å². The fourth-order valence-corrected chi connectivity index (χ4v) is 2.14. The van der Waals surface area contributed by atoms with Crippen LogP contribution in [0.5, 0.6) is 0 Å². The molecule has 1 N–H and O–H groups in total. The first-order valence-corrected chi connectivity index (χ1v) is 5.62. The van der Waals surface area contributed by atoms with E-state index in [0.717, 1.165) is 31.8 Å². The molecule has 0 unspecified atom stereocenters. The van der Waals surface area contributed by atoms with E-state index >= 15 is 0 Å². The minimum Gasteiger partial charge on any atom is -0.314 e. The lowest BCUT2D eigenvalue weighted by Crippen LogP contribution is -2.22. The summed E-state index contributed by atoms with van der Waals surface area (Å²) in [5, 5.41) is 3.39. The fourth-order valence-electron chi connectivity index (χ4n) is 2.14. The average molecular weight is 181 g/mol. The third-order valence-corrected chi connectivity index (χ3v) is 3.19. The Balaban J connectivity index is 1.59. The van der Waals surface area contributed by atoms with Gasteiger partial charge in [0, 0.05) is 24.9 Å². The summed E-state index contributed by atoms with van der Waals surface area (Å²) in [5.74, 6) is 0.923. The molecule has 0 heterocycles. The van der Waals surface area contributed by atoms with Crippen LogP contribution in [0.3, 0.4) is 0 Å². The highest BCUT2D eigenvalue weighted by Gasteiger charge is 2.23. The highest BCUT2D eigenvalue weighted by Crippen LogP contribution is 2.26. The Morgan fingerprint density at radius 3 is 2.46 bits per heavy atom. The van der Waals surface area contributed by atoms with Crippen molar-refractivity contribution in [2.75, 3.05) is 6.54 Å². The molecule has 2 nitrogen and oxygen atoms in total. The van der Waals surface area contributed by atoms with Crippen molar-refractivity contribution in [3.05, 3.63) is 0 Å². The van der Waals surface area contributed by atoms with Gasteiger partial charge in [-0.2, -0.15) is 0 Å². The topological polar surface area (TPSA) is 29.1 Å². The van der Waals surface area contributed by atoms with Crippen molar-refractivity contribution in [3.63, 3.8) is 0 Å². The van der Waals surface area contributed by atoms with Crippen molar-refractivity contribution in [1.82, 2.24) is 5.32 Å². The molecular formula is C11H19NO. The summed E-state index contributed by atoms with van der Waals surface area (Å²) in [5.41, 5.74) is 0. The zero-order chi connectivity index (χ0) is 9.10. The zero-order valence-electron chi connectivity index (χ0n) is 8.22. The van der Waals surface area contributed by atoms with Crippen LogP contribution >= 0.6 is 0 Å². The van der Waals surface area contributed by atoms with E-state index in [-0.39, 0.29) is 0 Å². The number of carbonyl (C=O) groups is 1. The van der Waals surface area contributed by atoms with Gasteiger partial charge in [-0.1, -0.05) is 12.8 Å². The Morgan fingerprint density at radius 1 is 1.15 bits per heavy atom. The number of hydrogen-bond acceptors (Lipinski definition) is 2. The van der Waals surface area contributed by atoms with E-state index in [1.54, 1.807) is 0 Å². The van der Waals surface area contributed by atoms with Gasteiger partial charge in [-0.05, 0) is 25.7 Å². The van der Waals surface area contributed by atoms with Crippen molar-refractivity contribution < 1.29 is 4.79 Å². The molecule has 0 saturated heterocycles.